The molecule has 1 aromatic carbocycles. The van der Waals surface area contributed by atoms with Crippen molar-refractivity contribution in [2.75, 3.05) is 37.7 Å². The van der Waals surface area contributed by atoms with Gasteiger partial charge in [-0.25, -0.2) is 0 Å². The molecule has 3 rings (SSSR count). The van der Waals surface area contributed by atoms with Crippen LogP contribution in [0.25, 0.3) is 0 Å². The number of nitrogens with one attached hydrogen (secondary N) is 1. The van der Waals surface area contributed by atoms with Crippen molar-refractivity contribution in [3.8, 4) is 0 Å². The van der Waals surface area contributed by atoms with Crippen molar-refractivity contribution < 1.29 is 19.1 Å². The van der Waals surface area contributed by atoms with E-state index in [2.05, 4.69) is 11.4 Å². The Morgan fingerprint density at radius 2 is 2.04 bits per heavy atom. The number of ether oxygens (including phenoxy) is 1. The van der Waals surface area contributed by atoms with Crippen LogP contribution in [-0.4, -0.2) is 61.5 Å². The first-order valence-corrected chi connectivity index (χ1v) is 10.0. The van der Waals surface area contributed by atoms with Crippen LogP contribution in [0.4, 0.5) is 5.69 Å². The van der Waals surface area contributed by atoms with Crippen LogP contribution in [-0.2, 0) is 25.5 Å². The fraction of sp³-hybridized carbons (Fsp3) is 0.571. The molecule has 0 aliphatic carbocycles. The van der Waals surface area contributed by atoms with Crippen LogP contribution in [0.5, 0.6) is 0 Å². The number of esters is 1. The first-order chi connectivity index (χ1) is 13.5. The third-order valence-corrected chi connectivity index (χ3v) is 5.13. The minimum atomic E-state index is -0.669. The zero-order valence-corrected chi connectivity index (χ0v) is 16.6. The number of nitrogens with zero attached hydrogens (tertiary/aromatic N) is 2. The molecular weight excluding hydrogens is 358 g/mol. The zero-order chi connectivity index (χ0) is 20.1. The van der Waals surface area contributed by atoms with Crippen LogP contribution < -0.4 is 10.2 Å². The largest absolute Gasteiger partial charge is 0.465 e. The summed E-state index contributed by atoms with van der Waals surface area (Å²) >= 11 is 0. The lowest BCUT2D eigenvalue weighted by atomic mass is 10.0. The van der Waals surface area contributed by atoms with E-state index in [9.17, 15) is 14.4 Å². The maximum atomic E-state index is 13.0. The Labute approximate surface area is 166 Å². The van der Waals surface area contributed by atoms with Gasteiger partial charge in [0.05, 0.1) is 19.6 Å². The number of benzene rings is 1. The number of rotatable bonds is 6. The highest BCUT2D eigenvalue weighted by Crippen LogP contribution is 2.27. The summed E-state index contributed by atoms with van der Waals surface area (Å²) in [5, 5.41) is 2.79. The molecule has 1 atom stereocenters. The molecule has 1 N–H and O–H groups in total. The molecule has 7 heteroatoms. The Balaban J connectivity index is 1.66. The molecule has 0 saturated carbocycles. The Bertz CT molecular complexity index is 734. The summed E-state index contributed by atoms with van der Waals surface area (Å²) < 4.78 is 5.23. The van der Waals surface area contributed by atoms with Crippen LogP contribution in [0.2, 0.25) is 0 Å². The molecule has 0 spiro atoms. The molecule has 0 bridgehead atoms. The van der Waals surface area contributed by atoms with E-state index < -0.39 is 12.0 Å². The van der Waals surface area contributed by atoms with E-state index in [1.807, 2.05) is 32.0 Å². The number of fused-ring (bicyclic) bond motifs is 1. The fourth-order valence-electron chi connectivity index (χ4n) is 3.70. The molecule has 2 amide bonds. The topological polar surface area (TPSA) is 79.0 Å². The van der Waals surface area contributed by atoms with Gasteiger partial charge in [-0.2, -0.15) is 0 Å². The fourth-order valence-corrected chi connectivity index (χ4v) is 3.70. The third kappa shape index (κ3) is 4.90. The van der Waals surface area contributed by atoms with Gasteiger partial charge >= 0.3 is 5.97 Å². The monoisotopic (exact) mass is 387 g/mol. The van der Waals surface area contributed by atoms with Crippen LogP contribution >= 0.6 is 0 Å². The van der Waals surface area contributed by atoms with E-state index in [1.54, 1.807) is 9.80 Å². The average Bonchev–Trinajstić information content (AvgIpc) is 2.68. The Hall–Kier alpha value is -2.41. The van der Waals surface area contributed by atoms with Crippen molar-refractivity contribution >= 4 is 23.5 Å². The molecule has 152 valence electrons. The minimum absolute atomic E-state index is 0.0393. The Kier molecular flexibility index (Phi) is 6.67. The molecule has 2 aliphatic heterocycles. The zero-order valence-electron chi connectivity index (χ0n) is 16.6. The van der Waals surface area contributed by atoms with Gasteiger partial charge in [0.25, 0.3) is 0 Å². The lowest BCUT2D eigenvalue weighted by molar-refractivity contribution is -0.149. The summed E-state index contributed by atoms with van der Waals surface area (Å²) in [6, 6.07) is 7.27. The number of amides is 2. The lowest BCUT2D eigenvalue weighted by Crippen LogP contribution is -2.58. The molecule has 1 unspecified atom stereocenters. The molecule has 1 saturated heterocycles. The van der Waals surface area contributed by atoms with Crippen molar-refractivity contribution in [3.63, 3.8) is 0 Å². The molecule has 0 radical (unpaired) electrons. The van der Waals surface area contributed by atoms with Crippen molar-refractivity contribution in [2.24, 2.45) is 5.92 Å². The predicted octanol–water partition coefficient (Wildman–Crippen LogP) is 1.36. The summed E-state index contributed by atoms with van der Waals surface area (Å²) in [5.41, 5.74) is 2.13. The minimum Gasteiger partial charge on any atom is -0.465 e. The number of piperazine rings is 1. The molecule has 7 nitrogen and oxygen atoms in total. The number of hydrogen-bond acceptors (Lipinski definition) is 5. The van der Waals surface area contributed by atoms with Gasteiger partial charge in [-0.3, -0.25) is 19.3 Å². The van der Waals surface area contributed by atoms with Crippen LogP contribution in [0.15, 0.2) is 24.3 Å². The highest BCUT2D eigenvalue weighted by Gasteiger charge is 2.34. The second kappa shape index (κ2) is 9.19. The van der Waals surface area contributed by atoms with Gasteiger partial charge in [0, 0.05) is 25.3 Å². The van der Waals surface area contributed by atoms with Crippen LogP contribution in [0.1, 0.15) is 32.3 Å². The number of anilines is 1. The molecule has 1 aromatic rings. The van der Waals surface area contributed by atoms with Gasteiger partial charge in [0.1, 0.15) is 6.04 Å². The molecule has 1 fully saturated rings. The summed E-state index contributed by atoms with van der Waals surface area (Å²) in [7, 11) is 0. The van der Waals surface area contributed by atoms with Gasteiger partial charge in [-0.05, 0) is 30.4 Å². The van der Waals surface area contributed by atoms with E-state index in [1.165, 1.54) is 5.56 Å². The van der Waals surface area contributed by atoms with Gasteiger partial charge in [0.2, 0.25) is 11.8 Å². The Morgan fingerprint density at radius 1 is 1.25 bits per heavy atom. The smallest absolute Gasteiger partial charge is 0.307 e. The number of hydrogen-bond donors (Lipinski definition) is 1. The molecular formula is C21H29N3O4. The van der Waals surface area contributed by atoms with E-state index in [4.69, 9.17) is 4.74 Å². The molecule has 2 aliphatic rings. The molecule has 2 heterocycles. The van der Waals surface area contributed by atoms with E-state index in [0.717, 1.165) is 18.5 Å². The average molecular weight is 387 g/mol. The van der Waals surface area contributed by atoms with Gasteiger partial charge in [-0.15, -0.1) is 0 Å². The quantitative estimate of drug-likeness (QED) is 0.746. The van der Waals surface area contributed by atoms with E-state index in [-0.39, 0.29) is 30.7 Å². The molecule has 0 aromatic heterocycles. The number of para-hydroxylation sites is 1. The van der Waals surface area contributed by atoms with Crippen LogP contribution in [0.3, 0.4) is 0 Å². The highest BCUT2D eigenvalue weighted by atomic mass is 16.5. The first kappa shape index (κ1) is 20.3. The lowest BCUT2D eigenvalue weighted by Gasteiger charge is -2.36. The first-order valence-electron chi connectivity index (χ1n) is 10.0. The standard InChI is InChI=1S/C21H29N3O4/c1-15(2)14-28-20(26)12-18-21(27)22-9-11-23(18)13-19(25)24-10-5-7-16-6-3-4-8-17(16)24/h3-4,6,8,15,18H,5,7,9-14H2,1-2H3,(H,22,27). The number of aryl methyl sites for hydroxylation is 1. The Morgan fingerprint density at radius 3 is 2.82 bits per heavy atom. The third-order valence-electron chi connectivity index (χ3n) is 5.13. The maximum absolute atomic E-state index is 13.0. The van der Waals surface area contributed by atoms with E-state index in [0.29, 0.717) is 26.2 Å². The second-order valence-corrected chi connectivity index (χ2v) is 7.84. The van der Waals surface area contributed by atoms with Gasteiger partial charge < -0.3 is 15.0 Å². The summed E-state index contributed by atoms with van der Waals surface area (Å²) in [6.07, 6.45) is 1.85. The number of carbonyl (C=O) groups is 3. The van der Waals surface area contributed by atoms with Gasteiger partial charge in [-0.1, -0.05) is 32.0 Å². The summed E-state index contributed by atoms with van der Waals surface area (Å²) in [6.45, 7) is 6.05. The van der Waals surface area contributed by atoms with E-state index >= 15 is 0 Å². The normalized spacial score (nSPS) is 19.9. The van der Waals surface area contributed by atoms with Gasteiger partial charge in [0.15, 0.2) is 0 Å². The predicted molar refractivity (Wildman–Crippen MR) is 106 cm³/mol. The van der Waals surface area contributed by atoms with Crippen molar-refractivity contribution in [3.05, 3.63) is 29.8 Å². The molecule has 28 heavy (non-hydrogen) atoms. The van der Waals surface area contributed by atoms with Crippen LogP contribution in [0, 0.1) is 5.92 Å². The SMILES string of the molecule is CC(C)COC(=O)CC1C(=O)NCCN1CC(=O)N1CCCc2ccccc21. The van der Waals surface area contributed by atoms with Crippen molar-refractivity contribution in [2.45, 2.75) is 39.2 Å². The summed E-state index contributed by atoms with van der Waals surface area (Å²) in [4.78, 5) is 41.1. The highest BCUT2D eigenvalue weighted by molar-refractivity contribution is 5.96. The van der Waals surface area contributed by atoms with Crippen molar-refractivity contribution in [1.29, 1.82) is 0 Å². The second-order valence-electron chi connectivity index (χ2n) is 7.84. The number of carbonyl (C=O) groups excluding carboxylic acids is 3. The van der Waals surface area contributed by atoms with Crippen molar-refractivity contribution in [1.82, 2.24) is 10.2 Å². The summed E-state index contributed by atoms with van der Waals surface area (Å²) in [5.74, 6) is -0.431. The maximum Gasteiger partial charge on any atom is 0.307 e.